The average molecular weight is 494 g/mol. The number of nitrogens with one attached hydrogen (secondary N) is 1. The van der Waals surface area contributed by atoms with Crippen LogP contribution in [0.3, 0.4) is 0 Å². The van der Waals surface area contributed by atoms with E-state index in [1.54, 1.807) is 43.8 Å². The number of rotatable bonds is 10. The predicted molar refractivity (Wildman–Crippen MR) is 127 cm³/mol. The van der Waals surface area contributed by atoms with Crippen molar-refractivity contribution in [3.8, 4) is 11.5 Å². The SMILES string of the molecule is CCOC(=O)Cc1csc(NN=Cc2cccc(OC)c2OCc2ccc(Cl)cc2Cl)n1. The number of carbonyl (C=O) groups excluding carboxylic acids is 1. The Bertz CT molecular complexity index is 1100. The Balaban J connectivity index is 1.69. The number of hydrogen-bond acceptors (Lipinski definition) is 8. The molecule has 1 heterocycles. The van der Waals surface area contributed by atoms with Gasteiger partial charge in [-0.15, -0.1) is 11.3 Å². The molecule has 0 aliphatic heterocycles. The van der Waals surface area contributed by atoms with Crippen molar-refractivity contribution in [1.29, 1.82) is 0 Å². The molecule has 168 valence electrons. The zero-order chi connectivity index (χ0) is 22.9. The van der Waals surface area contributed by atoms with Crippen LogP contribution in [0.1, 0.15) is 23.7 Å². The van der Waals surface area contributed by atoms with Gasteiger partial charge in [0.25, 0.3) is 0 Å². The third kappa shape index (κ3) is 6.59. The Hall–Kier alpha value is -2.81. The number of methoxy groups -OCH3 is 1. The summed E-state index contributed by atoms with van der Waals surface area (Å²) in [5, 5.41) is 7.65. The molecule has 0 unspecified atom stereocenters. The van der Waals surface area contributed by atoms with Crippen molar-refractivity contribution in [1.82, 2.24) is 4.98 Å². The first kappa shape index (κ1) is 23.8. The number of nitrogens with zero attached hydrogens (tertiary/aromatic N) is 2. The quantitative estimate of drug-likeness (QED) is 0.225. The van der Waals surface area contributed by atoms with E-state index in [0.29, 0.717) is 44.5 Å². The van der Waals surface area contributed by atoms with E-state index in [2.05, 4.69) is 15.5 Å². The summed E-state index contributed by atoms with van der Waals surface area (Å²) in [6, 6.07) is 10.7. The highest BCUT2D eigenvalue weighted by atomic mass is 35.5. The molecule has 0 aliphatic carbocycles. The van der Waals surface area contributed by atoms with Crippen LogP contribution in [-0.2, 0) is 22.6 Å². The second kappa shape index (κ2) is 11.7. The van der Waals surface area contributed by atoms with Gasteiger partial charge in [-0.25, -0.2) is 4.98 Å². The fourth-order valence-electron chi connectivity index (χ4n) is 2.69. The second-order valence-corrected chi connectivity index (χ2v) is 8.10. The first-order valence-electron chi connectivity index (χ1n) is 9.63. The zero-order valence-corrected chi connectivity index (χ0v) is 19.8. The molecule has 0 fully saturated rings. The minimum absolute atomic E-state index is 0.122. The van der Waals surface area contributed by atoms with Crippen LogP contribution < -0.4 is 14.9 Å². The van der Waals surface area contributed by atoms with Crippen molar-refractivity contribution in [2.45, 2.75) is 20.0 Å². The third-order valence-corrected chi connectivity index (χ3v) is 5.55. The van der Waals surface area contributed by atoms with Gasteiger partial charge in [-0.05, 0) is 31.2 Å². The van der Waals surface area contributed by atoms with Gasteiger partial charge in [-0.1, -0.05) is 35.3 Å². The van der Waals surface area contributed by atoms with Crippen LogP contribution in [0.2, 0.25) is 10.0 Å². The fourth-order valence-corrected chi connectivity index (χ4v) is 3.82. The Labute approximate surface area is 199 Å². The van der Waals surface area contributed by atoms with Crippen molar-refractivity contribution in [2.75, 3.05) is 19.1 Å². The molecule has 0 spiro atoms. The van der Waals surface area contributed by atoms with Crippen LogP contribution in [0, 0.1) is 0 Å². The van der Waals surface area contributed by atoms with E-state index in [4.69, 9.17) is 37.4 Å². The van der Waals surface area contributed by atoms with Gasteiger partial charge in [0.1, 0.15) is 6.61 Å². The maximum absolute atomic E-state index is 11.6. The lowest BCUT2D eigenvalue weighted by Gasteiger charge is -2.14. The molecule has 32 heavy (non-hydrogen) atoms. The summed E-state index contributed by atoms with van der Waals surface area (Å²) in [4.78, 5) is 15.9. The van der Waals surface area contributed by atoms with Gasteiger partial charge in [0.2, 0.25) is 5.13 Å². The number of ether oxygens (including phenoxy) is 3. The van der Waals surface area contributed by atoms with Gasteiger partial charge in [-0.3, -0.25) is 10.2 Å². The molecule has 0 radical (unpaired) electrons. The average Bonchev–Trinajstić information content (AvgIpc) is 3.20. The molecule has 3 aromatic rings. The van der Waals surface area contributed by atoms with E-state index >= 15 is 0 Å². The molecule has 3 rings (SSSR count). The number of aromatic nitrogens is 1. The molecule has 0 saturated carbocycles. The predicted octanol–water partition coefficient (Wildman–Crippen LogP) is 5.59. The maximum atomic E-state index is 11.6. The van der Waals surface area contributed by atoms with Crippen molar-refractivity contribution in [3.05, 3.63) is 68.6 Å². The van der Waals surface area contributed by atoms with Gasteiger partial charge in [0.15, 0.2) is 11.5 Å². The van der Waals surface area contributed by atoms with Crippen molar-refractivity contribution < 1.29 is 19.0 Å². The van der Waals surface area contributed by atoms with Crippen LogP contribution in [0.15, 0.2) is 46.9 Å². The fraction of sp³-hybridized carbons (Fsp3) is 0.227. The van der Waals surface area contributed by atoms with Crippen molar-refractivity contribution >= 4 is 51.9 Å². The van der Waals surface area contributed by atoms with Crippen LogP contribution >= 0.6 is 34.5 Å². The minimum Gasteiger partial charge on any atom is -0.493 e. The summed E-state index contributed by atoms with van der Waals surface area (Å²) >= 11 is 13.5. The van der Waals surface area contributed by atoms with Gasteiger partial charge in [-0.2, -0.15) is 5.10 Å². The lowest BCUT2D eigenvalue weighted by molar-refractivity contribution is -0.142. The molecule has 1 aromatic heterocycles. The molecule has 2 aromatic carbocycles. The van der Waals surface area contributed by atoms with E-state index in [9.17, 15) is 4.79 Å². The summed E-state index contributed by atoms with van der Waals surface area (Å²) in [6.45, 7) is 2.34. The van der Waals surface area contributed by atoms with E-state index < -0.39 is 0 Å². The Morgan fingerprint density at radius 3 is 2.88 bits per heavy atom. The summed E-state index contributed by atoms with van der Waals surface area (Å²) in [7, 11) is 1.57. The molecule has 10 heteroatoms. The highest BCUT2D eigenvalue weighted by Gasteiger charge is 2.12. The standard InChI is InChI=1S/C22H21Cl2N3O4S/c1-3-30-20(28)10-17-13-32-22(26-17)27-25-11-14-5-4-6-19(29-2)21(14)31-12-15-7-8-16(23)9-18(15)24/h4-9,11,13H,3,10,12H2,1-2H3,(H,26,27). The Kier molecular flexibility index (Phi) is 8.72. The number of esters is 1. The number of benzene rings is 2. The molecular weight excluding hydrogens is 473 g/mol. The topological polar surface area (TPSA) is 82.0 Å². The van der Waals surface area contributed by atoms with E-state index in [1.807, 2.05) is 18.2 Å². The summed E-state index contributed by atoms with van der Waals surface area (Å²) in [5.74, 6) is 0.769. The van der Waals surface area contributed by atoms with Gasteiger partial charge >= 0.3 is 5.97 Å². The zero-order valence-electron chi connectivity index (χ0n) is 17.4. The second-order valence-electron chi connectivity index (χ2n) is 6.40. The molecule has 0 saturated heterocycles. The molecule has 0 bridgehead atoms. The number of carbonyl (C=O) groups is 1. The number of para-hydroxylation sites is 1. The number of hydrogen-bond donors (Lipinski definition) is 1. The lowest BCUT2D eigenvalue weighted by Crippen LogP contribution is -2.07. The maximum Gasteiger partial charge on any atom is 0.311 e. The van der Waals surface area contributed by atoms with Crippen molar-refractivity contribution in [3.63, 3.8) is 0 Å². The number of thiazole rings is 1. The van der Waals surface area contributed by atoms with E-state index in [0.717, 1.165) is 5.56 Å². The Morgan fingerprint density at radius 1 is 1.28 bits per heavy atom. The smallest absolute Gasteiger partial charge is 0.311 e. The first-order valence-corrected chi connectivity index (χ1v) is 11.3. The molecular formula is C22H21Cl2N3O4S. The minimum atomic E-state index is -0.313. The van der Waals surface area contributed by atoms with Gasteiger partial charge in [0.05, 0.1) is 32.0 Å². The summed E-state index contributed by atoms with van der Waals surface area (Å²) in [6.07, 6.45) is 1.73. The highest BCUT2D eigenvalue weighted by molar-refractivity contribution is 7.13. The van der Waals surface area contributed by atoms with Gasteiger partial charge in [0, 0.05) is 26.6 Å². The Morgan fingerprint density at radius 2 is 2.12 bits per heavy atom. The summed E-state index contributed by atoms with van der Waals surface area (Å²) < 4.78 is 16.4. The third-order valence-electron chi connectivity index (χ3n) is 4.16. The van der Waals surface area contributed by atoms with Crippen LogP contribution in [-0.4, -0.2) is 30.9 Å². The van der Waals surface area contributed by atoms with Gasteiger partial charge < -0.3 is 14.2 Å². The molecule has 0 amide bonds. The number of halogens is 2. The largest absolute Gasteiger partial charge is 0.493 e. The monoisotopic (exact) mass is 493 g/mol. The first-order chi connectivity index (χ1) is 15.5. The van der Waals surface area contributed by atoms with Crippen LogP contribution in [0.4, 0.5) is 5.13 Å². The number of anilines is 1. The number of hydrazone groups is 1. The summed E-state index contributed by atoms with van der Waals surface area (Å²) in [5.41, 5.74) is 4.98. The molecule has 1 N–H and O–H groups in total. The lowest BCUT2D eigenvalue weighted by atomic mass is 10.2. The van der Waals surface area contributed by atoms with Crippen molar-refractivity contribution in [2.24, 2.45) is 5.10 Å². The molecule has 7 nitrogen and oxygen atoms in total. The van der Waals surface area contributed by atoms with E-state index in [1.165, 1.54) is 11.3 Å². The van der Waals surface area contributed by atoms with Crippen LogP contribution in [0.5, 0.6) is 11.5 Å². The normalized spacial score (nSPS) is 10.9. The highest BCUT2D eigenvalue weighted by Crippen LogP contribution is 2.32. The van der Waals surface area contributed by atoms with Crippen LogP contribution in [0.25, 0.3) is 0 Å². The van der Waals surface area contributed by atoms with E-state index in [-0.39, 0.29) is 19.0 Å². The molecule has 0 aliphatic rings. The molecule has 0 atom stereocenters.